The lowest BCUT2D eigenvalue weighted by molar-refractivity contribution is -0.172. The molecule has 0 bridgehead atoms. The van der Waals surface area contributed by atoms with Gasteiger partial charge in [0.25, 0.3) is 11.8 Å². The molecule has 1 aromatic heterocycles. The topological polar surface area (TPSA) is 291 Å². The zero-order valence-electron chi connectivity index (χ0n) is 40.8. The molecule has 20 heteroatoms. The molecular weight excluding hydrogens is 943 g/mol. The van der Waals surface area contributed by atoms with Gasteiger partial charge in [0.1, 0.15) is 19.4 Å². The first-order valence-corrected chi connectivity index (χ1v) is 24.3. The summed E-state index contributed by atoms with van der Waals surface area (Å²) in [6, 6.07) is 8.58. The molecule has 3 aromatic rings. The summed E-state index contributed by atoms with van der Waals surface area (Å²) in [7, 11) is 0. The number of nitrogens with one attached hydrogen (secondary N) is 3. The molecule has 5 amide bonds. The Morgan fingerprint density at radius 2 is 1.66 bits per heavy atom. The number of carbonyl (C=O) groups is 10. The largest absolute Gasteiger partial charge is 0.387 e. The summed E-state index contributed by atoms with van der Waals surface area (Å²) in [5.74, 6) is -6.52. The van der Waals surface area contributed by atoms with Gasteiger partial charge in [0.2, 0.25) is 17.7 Å². The lowest BCUT2D eigenvalue weighted by Crippen LogP contribution is -2.54. The Kier molecular flexibility index (Phi) is 15.4. The van der Waals surface area contributed by atoms with E-state index in [0.29, 0.717) is 29.3 Å². The maximum absolute atomic E-state index is 13.6. The van der Waals surface area contributed by atoms with Crippen LogP contribution in [0.15, 0.2) is 65.8 Å². The first-order chi connectivity index (χ1) is 34.9. The third-order valence-electron chi connectivity index (χ3n) is 14.3. The van der Waals surface area contributed by atoms with Crippen LogP contribution < -0.4 is 21.7 Å². The number of rotatable bonds is 22. The van der Waals surface area contributed by atoms with Gasteiger partial charge in [0, 0.05) is 73.9 Å². The molecule has 4 aliphatic heterocycles. The van der Waals surface area contributed by atoms with Crippen molar-refractivity contribution in [3.05, 3.63) is 105 Å². The van der Waals surface area contributed by atoms with Crippen molar-refractivity contribution >= 4 is 75.4 Å². The molecule has 0 saturated carbocycles. The number of imide groups is 1. The number of ether oxygens (including phenoxy) is 2. The molecule has 2 aromatic carbocycles. The number of aromatic nitrogens is 1. The van der Waals surface area contributed by atoms with Crippen molar-refractivity contribution in [1.29, 1.82) is 0 Å². The Morgan fingerprint density at radius 3 is 2.37 bits per heavy atom. The first kappa shape index (κ1) is 51.8. The second kappa shape index (κ2) is 21.7. The third kappa shape index (κ3) is 10.7. The number of carbonyl (C=O) groups excluding carboxylic acids is 10. The van der Waals surface area contributed by atoms with Crippen LogP contribution in [-0.2, 0) is 76.8 Å². The molecule has 5 heterocycles. The number of cyclic esters (lactones) is 2. The van der Waals surface area contributed by atoms with E-state index in [-0.39, 0.29) is 94.2 Å². The van der Waals surface area contributed by atoms with E-state index in [4.69, 9.17) is 20.2 Å². The number of pyridine rings is 1. The van der Waals surface area contributed by atoms with E-state index < -0.39 is 77.3 Å². The summed E-state index contributed by atoms with van der Waals surface area (Å²) >= 11 is 0. The molecule has 382 valence electrons. The molecule has 6 N–H and O–H groups in total. The Bertz CT molecular complexity index is 2940. The van der Waals surface area contributed by atoms with E-state index in [1.54, 1.807) is 43.3 Å². The fraction of sp³-hybridized carbons (Fsp3) is 0.415. The molecule has 4 atom stereocenters. The van der Waals surface area contributed by atoms with Crippen molar-refractivity contribution in [3.63, 3.8) is 0 Å². The highest BCUT2D eigenvalue weighted by Gasteiger charge is 2.50. The van der Waals surface area contributed by atoms with Crippen LogP contribution in [0.3, 0.4) is 0 Å². The average Bonchev–Trinajstić information content (AvgIpc) is 3.91. The van der Waals surface area contributed by atoms with Gasteiger partial charge in [0.15, 0.2) is 23.0 Å². The summed E-state index contributed by atoms with van der Waals surface area (Å²) in [5, 5.41) is 20.0. The summed E-state index contributed by atoms with van der Waals surface area (Å²) in [4.78, 5) is 136. The lowest BCUT2D eigenvalue weighted by atomic mass is 9.76. The molecule has 8 rings (SSSR count). The quantitative estimate of drug-likeness (QED) is 0.0313. The Balaban J connectivity index is 0.837. The van der Waals surface area contributed by atoms with Gasteiger partial charge in [-0.1, -0.05) is 37.3 Å². The predicted octanol–water partition coefficient (Wildman–Crippen LogP) is 1.42. The molecule has 0 unspecified atom stereocenters. The number of ketones is 3. The monoisotopic (exact) mass is 999 g/mol. The Morgan fingerprint density at radius 1 is 0.932 bits per heavy atom. The van der Waals surface area contributed by atoms with E-state index in [1.807, 2.05) is 17.9 Å². The van der Waals surface area contributed by atoms with E-state index in [2.05, 4.69) is 22.9 Å². The maximum atomic E-state index is 13.6. The normalized spacial score (nSPS) is 19.5. The average molecular weight is 1000 g/mol. The number of fused-ring (bicyclic) bond motifs is 4. The smallest absolute Gasteiger partial charge is 0.350 e. The standard InChI is InChI=1S/C53H57N7O13/c1-4-53(71)37-21-40-49-36(25-59(40)24-35(37)51(69)73-52(53)70)47-31(10-12-34-29(3)28(2)18-39(58-49)48(34)47)20-33(62)26-72-27-56-43(64)15-13-42(63)38(19-30-8-6-5-7-9-30)57-44(65)14-11-32(61)23-55-50(68)41(22-54)60-45(66)16-17-46(60)67/h5-9,16-18,21,31,38,41,71H,4,10-15,19-20,22-27,54H2,1-3H3,(H,55,68)(H,56,64)(H,57,65)/t31-,38+,41-,53+/m1/s1. The van der Waals surface area contributed by atoms with Gasteiger partial charge >= 0.3 is 11.9 Å². The fourth-order valence-electron chi connectivity index (χ4n) is 10.3. The van der Waals surface area contributed by atoms with Crippen LogP contribution in [0, 0.1) is 13.8 Å². The molecule has 0 saturated heterocycles. The number of amides is 5. The molecular formula is C53H57N7O13. The molecule has 73 heavy (non-hydrogen) atoms. The summed E-state index contributed by atoms with van der Waals surface area (Å²) < 4.78 is 10.6. The maximum Gasteiger partial charge on any atom is 0.350 e. The molecule has 0 radical (unpaired) electrons. The third-order valence-corrected chi connectivity index (χ3v) is 14.3. The second-order valence-electron chi connectivity index (χ2n) is 18.9. The second-order valence-corrected chi connectivity index (χ2v) is 18.9. The number of nitrogens with two attached hydrogens (primary N) is 1. The number of aliphatic hydroxyl groups is 1. The molecule has 5 aliphatic rings. The van der Waals surface area contributed by atoms with E-state index in [0.717, 1.165) is 57.3 Å². The SMILES string of the molecule is CC[C@@]1(O)C(=O)OC(=O)C2=C1C=C1c3nc4cc(C)c(C)c5c4c(c3CN1C2)[C@@H](CC(=O)COCNC(=O)CCC(=O)[C@H](Cc1ccccc1)NC(=O)CCC(=O)CNC(=O)[C@@H](CN)N1C(=O)C=CC1=O)CC5. The molecule has 0 spiro atoms. The highest BCUT2D eigenvalue weighted by atomic mass is 16.6. The molecule has 0 fully saturated rings. The van der Waals surface area contributed by atoms with Crippen molar-refractivity contribution in [2.45, 2.75) is 109 Å². The first-order valence-electron chi connectivity index (χ1n) is 24.3. The van der Waals surface area contributed by atoms with E-state index in [9.17, 15) is 53.1 Å². The van der Waals surface area contributed by atoms with Gasteiger partial charge in [-0.3, -0.25) is 43.3 Å². The van der Waals surface area contributed by atoms with Crippen LogP contribution in [0.5, 0.6) is 0 Å². The van der Waals surface area contributed by atoms with Crippen molar-refractivity contribution in [2.75, 3.05) is 33.0 Å². The summed E-state index contributed by atoms with van der Waals surface area (Å²) in [6.45, 7) is 4.81. The number of hydrogen-bond acceptors (Lipinski definition) is 16. The number of esters is 2. The van der Waals surface area contributed by atoms with Crippen molar-refractivity contribution in [3.8, 4) is 0 Å². The summed E-state index contributed by atoms with van der Waals surface area (Å²) in [6.07, 6.45) is 4.27. The number of hydrogen-bond donors (Lipinski definition) is 5. The molecule has 20 nitrogen and oxygen atoms in total. The number of Topliss-reactive ketones (excluding diaryl/α,β-unsaturated/α-hetero) is 3. The van der Waals surface area contributed by atoms with Gasteiger partial charge in [0.05, 0.1) is 41.6 Å². The van der Waals surface area contributed by atoms with Crippen molar-refractivity contribution in [1.82, 2.24) is 30.7 Å². The van der Waals surface area contributed by atoms with Gasteiger partial charge in [-0.2, -0.15) is 0 Å². The van der Waals surface area contributed by atoms with Gasteiger partial charge < -0.3 is 41.2 Å². The van der Waals surface area contributed by atoms with E-state index >= 15 is 0 Å². The zero-order valence-corrected chi connectivity index (χ0v) is 40.8. The van der Waals surface area contributed by atoms with Crippen LogP contribution in [0.4, 0.5) is 0 Å². The number of aryl methyl sites for hydroxylation is 2. The Labute approximate surface area is 419 Å². The lowest BCUT2D eigenvalue weighted by Gasteiger charge is -2.36. The van der Waals surface area contributed by atoms with Crippen LogP contribution in [0.25, 0.3) is 16.6 Å². The highest BCUT2D eigenvalue weighted by Crippen LogP contribution is 2.49. The highest BCUT2D eigenvalue weighted by molar-refractivity contribution is 6.15. The van der Waals surface area contributed by atoms with Crippen LogP contribution in [0.1, 0.15) is 96.9 Å². The number of benzene rings is 2. The van der Waals surface area contributed by atoms with Crippen LogP contribution >= 0.6 is 0 Å². The van der Waals surface area contributed by atoms with E-state index in [1.165, 1.54) is 5.56 Å². The summed E-state index contributed by atoms with van der Waals surface area (Å²) in [5.41, 5.74) is 12.2. The minimum Gasteiger partial charge on any atom is -0.387 e. The van der Waals surface area contributed by atoms with Gasteiger partial charge in [-0.15, -0.1) is 0 Å². The number of nitrogens with zero attached hydrogens (tertiary/aromatic N) is 3. The van der Waals surface area contributed by atoms with Crippen LogP contribution in [0.2, 0.25) is 0 Å². The zero-order chi connectivity index (χ0) is 52.3. The van der Waals surface area contributed by atoms with Gasteiger partial charge in [-0.05, 0) is 85.4 Å². The minimum absolute atomic E-state index is 0.00905. The van der Waals surface area contributed by atoms with Gasteiger partial charge in [-0.25, -0.2) is 14.6 Å². The minimum atomic E-state index is -1.98. The Hall–Kier alpha value is -7.55. The van der Waals surface area contributed by atoms with Crippen LogP contribution in [-0.4, -0.2) is 129 Å². The van der Waals surface area contributed by atoms with Crippen molar-refractivity contribution < 1.29 is 62.5 Å². The van der Waals surface area contributed by atoms with Crippen molar-refractivity contribution in [2.24, 2.45) is 5.73 Å². The fourth-order valence-corrected chi connectivity index (χ4v) is 10.3. The molecule has 1 aliphatic carbocycles. The predicted molar refractivity (Wildman–Crippen MR) is 260 cm³/mol.